The fraction of sp³-hybridized carbons (Fsp3) is 0.200. The Hall–Kier alpha value is -2.84. The Morgan fingerprint density at radius 1 is 1.21 bits per heavy atom. The second kappa shape index (κ2) is 5.67. The molecule has 100 valence electrons. The van der Waals surface area contributed by atoms with Crippen molar-refractivity contribution in [2.75, 3.05) is 0 Å². The van der Waals surface area contributed by atoms with Gasteiger partial charge in [-0.2, -0.15) is 5.11 Å². The average Bonchev–Trinajstić information content (AvgIpc) is 2.35. The zero-order valence-electron chi connectivity index (χ0n) is 10.1. The molecule has 0 heterocycles. The van der Waals surface area contributed by atoms with Crippen molar-refractivity contribution in [1.29, 1.82) is 0 Å². The third-order valence-electron chi connectivity index (χ3n) is 2.20. The zero-order valence-corrected chi connectivity index (χ0v) is 10.1. The summed E-state index contributed by atoms with van der Waals surface area (Å²) >= 11 is 0. The molecule has 1 aromatic rings. The standard InChI is InChI=1S/C10H10N4O5/c1-6(7(2)15)11-12-9-4-3-8(13(16)17)5-10(9)14(18)19/h3-5,15H,1-2H3/b7-6-,12-11+. The maximum atomic E-state index is 10.8. The molecule has 0 amide bonds. The summed E-state index contributed by atoms with van der Waals surface area (Å²) < 4.78 is 0. The van der Waals surface area contributed by atoms with E-state index in [1.54, 1.807) is 0 Å². The highest BCUT2D eigenvalue weighted by Crippen LogP contribution is 2.31. The smallest absolute Gasteiger partial charge is 0.303 e. The van der Waals surface area contributed by atoms with Gasteiger partial charge in [-0.3, -0.25) is 20.2 Å². The van der Waals surface area contributed by atoms with Gasteiger partial charge in [0.25, 0.3) is 5.69 Å². The van der Waals surface area contributed by atoms with E-state index in [9.17, 15) is 20.2 Å². The number of nitro groups is 2. The molecule has 0 spiro atoms. The molecule has 0 atom stereocenters. The van der Waals surface area contributed by atoms with Gasteiger partial charge >= 0.3 is 5.69 Å². The van der Waals surface area contributed by atoms with E-state index < -0.39 is 21.2 Å². The molecule has 0 fully saturated rings. The van der Waals surface area contributed by atoms with Crippen molar-refractivity contribution in [3.05, 3.63) is 49.9 Å². The van der Waals surface area contributed by atoms with E-state index in [2.05, 4.69) is 10.2 Å². The number of hydrogen-bond donors (Lipinski definition) is 1. The quantitative estimate of drug-likeness (QED) is 0.386. The Morgan fingerprint density at radius 3 is 2.32 bits per heavy atom. The van der Waals surface area contributed by atoms with E-state index in [0.29, 0.717) is 0 Å². The lowest BCUT2D eigenvalue weighted by atomic mass is 10.2. The molecular formula is C10H10N4O5. The zero-order chi connectivity index (χ0) is 14.6. The number of aliphatic hydroxyl groups excluding tert-OH is 1. The van der Waals surface area contributed by atoms with Crippen LogP contribution in [0.15, 0.2) is 39.9 Å². The van der Waals surface area contributed by atoms with Gasteiger partial charge in [-0.05, 0) is 19.9 Å². The van der Waals surface area contributed by atoms with Gasteiger partial charge in [-0.15, -0.1) is 5.11 Å². The Bertz CT molecular complexity index is 590. The number of non-ortho nitro benzene ring substituents is 1. The van der Waals surface area contributed by atoms with Crippen molar-refractivity contribution in [2.24, 2.45) is 10.2 Å². The molecule has 0 aliphatic carbocycles. The molecule has 19 heavy (non-hydrogen) atoms. The van der Waals surface area contributed by atoms with Gasteiger partial charge in [0.1, 0.15) is 5.76 Å². The number of benzene rings is 1. The Balaban J connectivity index is 3.25. The molecule has 0 aliphatic heterocycles. The van der Waals surface area contributed by atoms with Crippen LogP contribution in [0.4, 0.5) is 17.1 Å². The lowest BCUT2D eigenvalue weighted by Gasteiger charge is -1.97. The van der Waals surface area contributed by atoms with E-state index >= 15 is 0 Å². The minimum absolute atomic E-state index is 0.0756. The summed E-state index contributed by atoms with van der Waals surface area (Å²) in [6, 6.07) is 3.02. The number of nitro benzene ring substituents is 2. The van der Waals surface area contributed by atoms with Gasteiger partial charge in [-0.1, -0.05) is 0 Å². The van der Waals surface area contributed by atoms with Crippen LogP contribution in [0, 0.1) is 20.2 Å². The highest BCUT2D eigenvalue weighted by atomic mass is 16.6. The Labute approximate surface area is 107 Å². The van der Waals surface area contributed by atoms with E-state index in [0.717, 1.165) is 18.2 Å². The SMILES string of the molecule is C/C(O)=C(C)/N=N/c1ccc([N+](=O)[O-])cc1[N+](=O)[O-]. The van der Waals surface area contributed by atoms with Gasteiger partial charge in [0, 0.05) is 6.07 Å². The van der Waals surface area contributed by atoms with Crippen molar-refractivity contribution in [1.82, 2.24) is 0 Å². The molecule has 9 nitrogen and oxygen atoms in total. The summed E-state index contributed by atoms with van der Waals surface area (Å²) in [6.07, 6.45) is 0. The predicted octanol–water partition coefficient (Wildman–Crippen LogP) is 3.40. The van der Waals surface area contributed by atoms with Gasteiger partial charge in [0.2, 0.25) is 0 Å². The molecule has 0 saturated carbocycles. The van der Waals surface area contributed by atoms with E-state index in [4.69, 9.17) is 5.11 Å². The second-order valence-corrected chi connectivity index (χ2v) is 3.56. The van der Waals surface area contributed by atoms with Crippen LogP contribution in [-0.2, 0) is 0 Å². The number of allylic oxidation sites excluding steroid dienone is 2. The van der Waals surface area contributed by atoms with Crippen molar-refractivity contribution in [2.45, 2.75) is 13.8 Å². The molecule has 0 bridgehead atoms. The lowest BCUT2D eigenvalue weighted by Crippen LogP contribution is -1.92. The van der Waals surface area contributed by atoms with Crippen LogP contribution in [0.25, 0.3) is 0 Å². The molecule has 1 N–H and O–H groups in total. The third-order valence-corrected chi connectivity index (χ3v) is 2.20. The normalized spacial score (nSPS) is 12.3. The van der Waals surface area contributed by atoms with Crippen molar-refractivity contribution in [3.8, 4) is 0 Å². The monoisotopic (exact) mass is 266 g/mol. The average molecular weight is 266 g/mol. The van der Waals surface area contributed by atoms with E-state index in [-0.39, 0.29) is 17.1 Å². The second-order valence-electron chi connectivity index (χ2n) is 3.56. The summed E-state index contributed by atoms with van der Waals surface area (Å²) in [7, 11) is 0. The summed E-state index contributed by atoms with van der Waals surface area (Å²) in [4.78, 5) is 19.8. The van der Waals surface area contributed by atoms with Crippen LogP contribution in [0.1, 0.15) is 13.8 Å². The summed E-state index contributed by atoms with van der Waals surface area (Å²) in [6.45, 7) is 2.86. The maximum absolute atomic E-state index is 10.8. The minimum Gasteiger partial charge on any atom is -0.511 e. The largest absolute Gasteiger partial charge is 0.511 e. The van der Waals surface area contributed by atoms with Crippen LogP contribution in [0.3, 0.4) is 0 Å². The lowest BCUT2D eigenvalue weighted by molar-refractivity contribution is -0.393. The van der Waals surface area contributed by atoms with Crippen molar-refractivity contribution < 1.29 is 15.0 Å². The summed E-state index contributed by atoms with van der Waals surface area (Å²) in [5.74, 6) is -0.0756. The summed E-state index contributed by atoms with van der Waals surface area (Å²) in [5.41, 5.74) is -0.874. The van der Waals surface area contributed by atoms with Crippen molar-refractivity contribution in [3.63, 3.8) is 0 Å². The van der Waals surface area contributed by atoms with Crippen LogP contribution < -0.4 is 0 Å². The first-order chi connectivity index (χ1) is 8.82. The first kappa shape index (κ1) is 14.2. The number of azo groups is 1. The van der Waals surface area contributed by atoms with Gasteiger partial charge in [0.05, 0.1) is 21.6 Å². The van der Waals surface area contributed by atoms with Gasteiger partial charge < -0.3 is 5.11 Å². The Morgan fingerprint density at radius 2 is 1.84 bits per heavy atom. The third kappa shape index (κ3) is 3.56. The van der Waals surface area contributed by atoms with Crippen LogP contribution in [0.5, 0.6) is 0 Å². The van der Waals surface area contributed by atoms with E-state index in [1.165, 1.54) is 13.8 Å². The maximum Gasteiger partial charge on any atom is 0.303 e. The van der Waals surface area contributed by atoms with Crippen molar-refractivity contribution >= 4 is 17.1 Å². The first-order valence-electron chi connectivity index (χ1n) is 5.04. The van der Waals surface area contributed by atoms with Crippen LogP contribution in [0.2, 0.25) is 0 Å². The van der Waals surface area contributed by atoms with Gasteiger partial charge in [-0.25, -0.2) is 0 Å². The van der Waals surface area contributed by atoms with Gasteiger partial charge in [0.15, 0.2) is 5.69 Å². The first-order valence-corrected chi connectivity index (χ1v) is 5.04. The topological polar surface area (TPSA) is 131 Å². The number of hydrogen-bond acceptors (Lipinski definition) is 7. The molecule has 0 radical (unpaired) electrons. The minimum atomic E-state index is -0.786. The molecule has 9 heteroatoms. The molecular weight excluding hydrogens is 256 g/mol. The number of aliphatic hydroxyl groups is 1. The molecule has 0 aliphatic rings. The molecule has 0 saturated heterocycles. The fourth-order valence-corrected chi connectivity index (χ4v) is 1.06. The number of nitrogens with zero attached hydrogens (tertiary/aromatic N) is 4. The fourth-order valence-electron chi connectivity index (χ4n) is 1.06. The Kier molecular flexibility index (Phi) is 4.24. The molecule has 0 unspecified atom stereocenters. The highest BCUT2D eigenvalue weighted by Gasteiger charge is 2.19. The van der Waals surface area contributed by atoms with E-state index in [1.807, 2.05) is 0 Å². The molecule has 0 aromatic heterocycles. The highest BCUT2D eigenvalue weighted by molar-refractivity contribution is 5.61. The predicted molar refractivity (Wildman–Crippen MR) is 65.3 cm³/mol. The molecule has 1 aromatic carbocycles. The summed E-state index contributed by atoms with van der Waals surface area (Å²) in [5, 5.41) is 37.6. The molecule has 1 rings (SSSR count). The van der Waals surface area contributed by atoms with Crippen LogP contribution in [-0.4, -0.2) is 15.0 Å². The number of rotatable bonds is 4. The van der Waals surface area contributed by atoms with Crippen LogP contribution >= 0.6 is 0 Å².